The summed E-state index contributed by atoms with van der Waals surface area (Å²) in [6.07, 6.45) is 0.938. The highest BCUT2D eigenvalue weighted by molar-refractivity contribution is 9.09. The summed E-state index contributed by atoms with van der Waals surface area (Å²) in [5, 5.41) is 0.912. The van der Waals surface area contributed by atoms with Gasteiger partial charge in [0.25, 0.3) is 0 Å². The van der Waals surface area contributed by atoms with Crippen LogP contribution in [0.3, 0.4) is 0 Å². The first-order chi connectivity index (χ1) is 7.31. The molecule has 0 saturated heterocycles. The number of alkyl halides is 1. The standard InChI is InChI=1S/C11H12BrNO2/c1-13-9-4-5-10(11(8-9)14-2)15-7-3-6-12/h4-5,8H,3,6-7H2,2H3. The van der Waals surface area contributed by atoms with Crippen molar-refractivity contribution >= 4 is 21.6 Å². The zero-order valence-corrected chi connectivity index (χ0v) is 10.1. The highest BCUT2D eigenvalue weighted by Gasteiger charge is 2.04. The van der Waals surface area contributed by atoms with E-state index in [1.54, 1.807) is 25.3 Å². The van der Waals surface area contributed by atoms with Crippen LogP contribution in [0.5, 0.6) is 11.5 Å². The van der Waals surface area contributed by atoms with E-state index in [9.17, 15) is 0 Å². The Bertz CT molecular complexity index is 360. The first-order valence-electron chi connectivity index (χ1n) is 4.56. The van der Waals surface area contributed by atoms with Crippen molar-refractivity contribution in [3.63, 3.8) is 0 Å². The zero-order chi connectivity index (χ0) is 11.1. The maximum Gasteiger partial charge on any atom is 0.191 e. The molecule has 80 valence electrons. The molecule has 1 rings (SSSR count). The van der Waals surface area contributed by atoms with Gasteiger partial charge in [-0.15, -0.1) is 0 Å². The summed E-state index contributed by atoms with van der Waals surface area (Å²) in [7, 11) is 1.57. The van der Waals surface area contributed by atoms with E-state index in [4.69, 9.17) is 16.0 Å². The molecule has 0 radical (unpaired) electrons. The average Bonchev–Trinajstić information content (AvgIpc) is 2.29. The lowest BCUT2D eigenvalue weighted by Gasteiger charge is -2.10. The molecule has 1 aromatic carbocycles. The van der Waals surface area contributed by atoms with Crippen LogP contribution in [0.25, 0.3) is 4.85 Å². The molecular formula is C11H12BrNO2. The Kier molecular flexibility index (Phi) is 4.99. The van der Waals surface area contributed by atoms with E-state index in [1.807, 2.05) is 0 Å². The zero-order valence-electron chi connectivity index (χ0n) is 8.50. The van der Waals surface area contributed by atoms with E-state index in [2.05, 4.69) is 20.8 Å². The Morgan fingerprint density at radius 2 is 2.20 bits per heavy atom. The second-order valence-electron chi connectivity index (χ2n) is 2.84. The normalized spacial score (nSPS) is 9.40. The number of nitrogens with zero attached hydrogens (tertiary/aromatic N) is 1. The van der Waals surface area contributed by atoms with E-state index in [0.29, 0.717) is 23.8 Å². The number of halogens is 1. The molecular weight excluding hydrogens is 258 g/mol. The summed E-state index contributed by atoms with van der Waals surface area (Å²) >= 11 is 3.33. The molecule has 4 heteroatoms. The number of rotatable bonds is 5. The minimum Gasteiger partial charge on any atom is -0.494 e. The van der Waals surface area contributed by atoms with Gasteiger partial charge in [-0.1, -0.05) is 22.0 Å². The van der Waals surface area contributed by atoms with Gasteiger partial charge in [0.2, 0.25) is 0 Å². The third-order valence-corrected chi connectivity index (χ3v) is 2.37. The lowest BCUT2D eigenvalue weighted by Crippen LogP contribution is -1.99. The van der Waals surface area contributed by atoms with Crippen molar-refractivity contribution in [2.45, 2.75) is 6.42 Å². The van der Waals surface area contributed by atoms with Crippen molar-refractivity contribution in [1.82, 2.24) is 0 Å². The number of methoxy groups -OCH3 is 1. The molecule has 0 saturated carbocycles. The van der Waals surface area contributed by atoms with Crippen LogP contribution in [-0.4, -0.2) is 19.0 Å². The molecule has 0 aliphatic heterocycles. The fourth-order valence-electron chi connectivity index (χ4n) is 1.08. The van der Waals surface area contributed by atoms with Gasteiger partial charge in [-0.2, -0.15) is 0 Å². The molecule has 0 bridgehead atoms. The van der Waals surface area contributed by atoms with Crippen LogP contribution in [0.4, 0.5) is 5.69 Å². The molecule has 15 heavy (non-hydrogen) atoms. The number of ether oxygens (including phenoxy) is 2. The topological polar surface area (TPSA) is 22.8 Å². The minimum atomic E-state index is 0.555. The quantitative estimate of drug-likeness (QED) is 0.465. The maximum atomic E-state index is 6.88. The van der Waals surface area contributed by atoms with Gasteiger partial charge in [0.05, 0.1) is 20.3 Å². The Morgan fingerprint density at radius 3 is 2.80 bits per heavy atom. The summed E-state index contributed by atoms with van der Waals surface area (Å²) in [5.74, 6) is 1.30. The van der Waals surface area contributed by atoms with E-state index >= 15 is 0 Å². The molecule has 0 aliphatic carbocycles. The van der Waals surface area contributed by atoms with Gasteiger partial charge in [-0.3, -0.25) is 0 Å². The molecule has 1 aromatic rings. The average molecular weight is 270 g/mol. The molecule has 0 aromatic heterocycles. The van der Waals surface area contributed by atoms with E-state index in [0.717, 1.165) is 11.8 Å². The van der Waals surface area contributed by atoms with Crippen molar-refractivity contribution in [2.24, 2.45) is 0 Å². The predicted molar refractivity (Wildman–Crippen MR) is 63.2 cm³/mol. The first kappa shape index (κ1) is 11.9. The second-order valence-corrected chi connectivity index (χ2v) is 3.63. The van der Waals surface area contributed by atoms with Crippen LogP contribution in [0.1, 0.15) is 6.42 Å². The molecule has 0 N–H and O–H groups in total. The van der Waals surface area contributed by atoms with Crippen molar-refractivity contribution in [3.8, 4) is 11.5 Å². The van der Waals surface area contributed by atoms with Crippen molar-refractivity contribution in [3.05, 3.63) is 29.6 Å². The smallest absolute Gasteiger partial charge is 0.191 e. The van der Waals surface area contributed by atoms with Crippen LogP contribution >= 0.6 is 15.9 Å². The van der Waals surface area contributed by atoms with Gasteiger partial charge in [-0.05, 0) is 18.6 Å². The Morgan fingerprint density at radius 1 is 1.40 bits per heavy atom. The third kappa shape index (κ3) is 3.45. The summed E-state index contributed by atoms with van der Waals surface area (Å²) in [4.78, 5) is 3.32. The van der Waals surface area contributed by atoms with Crippen LogP contribution in [0.15, 0.2) is 18.2 Å². The fourth-order valence-corrected chi connectivity index (χ4v) is 1.31. The summed E-state index contributed by atoms with van der Waals surface area (Å²) in [6, 6.07) is 5.16. The maximum absolute atomic E-state index is 6.88. The molecule has 0 heterocycles. The van der Waals surface area contributed by atoms with E-state index in [1.165, 1.54) is 0 Å². The van der Waals surface area contributed by atoms with Gasteiger partial charge in [0.1, 0.15) is 5.75 Å². The van der Waals surface area contributed by atoms with Crippen LogP contribution in [-0.2, 0) is 0 Å². The Labute approximate surface area is 98.0 Å². The highest BCUT2D eigenvalue weighted by Crippen LogP contribution is 2.31. The molecule has 0 unspecified atom stereocenters. The Balaban J connectivity index is 2.75. The predicted octanol–water partition coefficient (Wildman–Crippen LogP) is 3.41. The van der Waals surface area contributed by atoms with Crippen LogP contribution < -0.4 is 9.47 Å². The van der Waals surface area contributed by atoms with Gasteiger partial charge < -0.3 is 9.47 Å². The van der Waals surface area contributed by atoms with Crippen molar-refractivity contribution < 1.29 is 9.47 Å². The largest absolute Gasteiger partial charge is 0.494 e. The number of hydrogen-bond acceptors (Lipinski definition) is 2. The molecule has 3 nitrogen and oxygen atoms in total. The van der Waals surface area contributed by atoms with Crippen molar-refractivity contribution in [1.29, 1.82) is 0 Å². The van der Waals surface area contributed by atoms with Gasteiger partial charge >= 0.3 is 0 Å². The molecule has 0 amide bonds. The number of benzene rings is 1. The number of hydrogen-bond donors (Lipinski definition) is 0. The van der Waals surface area contributed by atoms with Gasteiger partial charge in [-0.25, -0.2) is 4.85 Å². The van der Waals surface area contributed by atoms with Gasteiger partial charge in [0.15, 0.2) is 11.4 Å². The highest BCUT2D eigenvalue weighted by atomic mass is 79.9. The minimum absolute atomic E-state index is 0.555. The lowest BCUT2D eigenvalue weighted by atomic mass is 10.3. The third-order valence-electron chi connectivity index (χ3n) is 1.81. The molecule has 0 spiro atoms. The molecule has 0 aliphatic rings. The summed E-state index contributed by atoms with van der Waals surface area (Å²) in [5.41, 5.74) is 0.555. The SMILES string of the molecule is [C-]#[N+]c1ccc(OCCCBr)c(OC)c1. The lowest BCUT2D eigenvalue weighted by molar-refractivity contribution is 0.295. The summed E-state index contributed by atoms with van der Waals surface area (Å²) < 4.78 is 10.6. The Hall–Kier alpha value is -1.21. The monoisotopic (exact) mass is 269 g/mol. The van der Waals surface area contributed by atoms with Crippen LogP contribution in [0, 0.1) is 6.57 Å². The van der Waals surface area contributed by atoms with Gasteiger partial charge in [0, 0.05) is 5.33 Å². The van der Waals surface area contributed by atoms with E-state index < -0.39 is 0 Å². The first-order valence-corrected chi connectivity index (χ1v) is 5.68. The van der Waals surface area contributed by atoms with Crippen molar-refractivity contribution in [2.75, 3.05) is 19.0 Å². The second kappa shape index (κ2) is 6.31. The fraction of sp³-hybridized carbons (Fsp3) is 0.364. The molecule has 0 fully saturated rings. The van der Waals surface area contributed by atoms with E-state index in [-0.39, 0.29) is 0 Å². The summed E-state index contributed by atoms with van der Waals surface area (Å²) in [6.45, 7) is 7.51. The molecule has 0 atom stereocenters. The van der Waals surface area contributed by atoms with Crippen LogP contribution in [0.2, 0.25) is 0 Å².